The van der Waals surface area contributed by atoms with Gasteiger partial charge in [-0.2, -0.15) is 0 Å². The van der Waals surface area contributed by atoms with Crippen molar-refractivity contribution in [2.45, 2.75) is 32.7 Å². The van der Waals surface area contributed by atoms with Crippen LogP contribution in [0.5, 0.6) is 5.75 Å². The highest BCUT2D eigenvalue weighted by molar-refractivity contribution is 5.77. The Morgan fingerprint density at radius 1 is 1.20 bits per heavy atom. The van der Waals surface area contributed by atoms with Gasteiger partial charge in [-0.05, 0) is 24.6 Å². The summed E-state index contributed by atoms with van der Waals surface area (Å²) in [5.41, 5.74) is 0.865. The van der Waals surface area contributed by atoms with Crippen molar-refractivity contribution < 1.29 is 13.9 Å². The number of amides is 1. The quantitative estimate of drug-likeness (QED) is 0.693. The molecule has 1 aliphatic heterocycles. The van der Waals surface area contributed by atoms with E-state index in [9.17, 15) is 9.18 Å². The molecule has 1 aromatic carbocycles. The maximum absolute atomic E-state index is 13.5. The Hall–Kier alpha value is -1.66. The van der Waals surface area contributed by atoms with Gasteiger partial charge in [0.25, 0.3) is 0 Å². The second-order valence-electron chi connectivity index (χ2n) is 6.57. The molecule has 0 bridgehead atoms. The third-order valence-electron chi connectivity index (χ3n) is 4.57. The van der Waals surface area contributed by atoms with E-state index in [0.29, 0.717) is 13.1 Å². The van der Waals surface area contributed by atoms with Crippen LogP contribution in [0.2, 0.25) is 0 Å². The van der Waals surface area contributed by atoms with Gasteiger partial charge in [0, 0.05) is 44.8 Å². The molecule has 1 N–H and O–H groups in total. The largest absolute Gasteiger partial charge is 0.496 e. The van der Waals surface area contributed by atoms with Crippen LogP contribution in [0.25, 0.3) is 0 Å². The minimum atomic E-state index is -0.241. The number of methoxy groups -OCH3 is 1. The molecule has 1 saturated heterocycles. The molecular weight excluding hydrogens is 321 g/mol. The van der Waals surface area contributed by atoms with Gasteiger partial charge < -0.3 is 10.1 Å². The van der Waals surface area contributed by atoms with Crippen molar-refractivity contribution in [2.75, 3.05) is 46.4 Å². The molecule has 1 fully saturated rings. The Kier molecular flexibility index (Phi) is 8.15. The van der Waals surface area contributed by atoms with Gasteiger partial charge in [0.05, 0.1) is 13.7 Å². The van der Waals surface area contributed by atoms with Gasteiger partial charge in [0.15, 0.2) is 0 Å². The summed E-state index contributed by atoms with van der Waals surface area (Å²) in [6, 6.07) is 4.62. The summed E-state index contributed by atoms with van der Waals surface area (Å²) >= 11 is 0. The fourth-order valence-electron chi connectivity index (χ4n) is 3.08. The number of carbonyl (C=O) groups is 1. The predicted molar refractivity (Wildman–Crippen MR) is 97.2 cm³/mol. The molecule has 0 aromatic heterocycles. The van der Waals surface area contributed by atoms with E-state index in [0.717, 1.165) is 63.3 Å². The van der Waals surface area contributed by atoms with E-state index in [-0.39, 0.29) is 11.7 Å². The van der Waals surface area contributed by atoms with Crippen LogP contribution in [0.1, 0.15) is 31.7 Å². The molecule has 25 heavy (non-hydrogen) atoms. The lowest BCUT2D eigenvalue weighted by atomic mass is 10.1. The van der Waals surface area contributed by atoms with Crippen LogP contribution in [0, 0.1) is 5.82 Å². The molecule has 0 atom stereocenters. The van der Waals surface area contributed by atoms with Gasteiger partial charge in [0.2, 0.25) is 5.91 Å². The Morgan fingerprint density at radius 3 is 2.60 bits per heavy atom. The van der Waals surface area contributed by atoms with Crippen molar-refractivity contribution in [1.82, 2.24) is 15.1 Å². The number of ether oxygens (including phenoxy) is 1. The third kappa shape index (κ3) is 6.63. The molecule has 1 aromatic rings. The molecule has 1 heterocycles. The van der Waals surface area contributed by atoms with Crippen LogP contribution in [0.4, 0.5) is 4.39 Å². The maximum atomic E-state index is 13.5. The van der Waals surface area contributed by atoms with Gasteiger partial charge in [-0.1, -0.05) is 19.8 Å². The molecule has 0 spiro atoms. The number of nitrogens with zero attached hydrogens (tertiary/aromatic N) is 2. The topological polar surface area (TPSA) is 44.8 Å². The third-order valence-corrected chi connectivity index (χ3v) is 4.57. The zero-order valence-electron chi connectivity index (χ0n) is 15.4. The normalized spacial score (nSPS) is 16.0. The zero-order chi connectivity index (χ0) is 18.1. The van der Waals surface area contributed by atoms with E-state index >= 15 is 0 Å². The number of hydrogen-bond acceptors (Lipinski definition) is 4. The number of rotatable bonds is 9. The highest BCUT2D eigenvalue weighted by atomic mass is 19.1. The summed E-state index contributed by atoms with van der Waals surface area (Å²) in [4.78, 5) is 16.4. The van der Waals surface area contributed by atoms with E-state index in [2.05, 4.69) is 22.0 Å². The molecule has 140 valence electrons. The Labute approximate surface area is 150 Å². The van der Waals surface area contributed by atoms with E-state index < -0.39 is 0 Å². The second-order valence-corrected chi connectivity index (χ2v) is 6.57. The smallest absolute Gasteiger partial charge is 0.234 e. The van der Waals surface area contributed by atoms with E-state index in [1.165, 1.54) is 12.1 Å². The second kappa shape index (κ2) is 10.4. The average Bonchev–Trinajstić information content (AvgIpc) is 2.61. The Balaban J connectivity index is 1.73. The number of carbonyl (C=O) groups excluding carboxylic acids is 1. The summed E-state index contributed by atoms with van der Waals surface area (Å²) in [5.74, 6) is 0.584. The lowest BCUT2D eigenvalue weighted by Gasteiger charge is -2.34. The van der Waals surface area contributed by atoms with E-state index in [1.54, 1.807) is 13.2 Å². The van der Waals surface area contributed by atoms with Crippen molar-refractivity contribution in [3.8, 4) is 5.75 Å². The first kappa shape index (κ1) is 19.7. The van der Waals surface area contributed by atoms with Gasteiger partial charge in [-0.15, -0.1) is 0 Å². The van der Waals surface area contributed by atoms with Gasteiger partial charge in [0.1, 0.15) is 11.6 Å². The first-order valence-electron chi connectivity index (χ1n) is 9.16. The van der Waals surface area contributed by atoms with Crippen molar-refractivity contribution in [2.24, 2.45) is 0 Å². The molecule has 0 unspecified atom stereocenters. The molecule has 0 saturated carbocycles. The lowest BCUT2D eigenvalue weighted by molar-refractivity contribution is -0.122. The molecular formula is C19H30FN3O2. The molecule has 0 aliphatic carbocycles. The average molecular weight is 351 g/mol. The monoisotopic (exact) mass is 351 g/mol. The number of nitrogens with one attached hydrogen (secondary N) is 1. The standard InChI is InChI=1S/C19H30FN3O2/c1-3-4-5-8-21-19(24)15-23-11-9-22(10-12-23)14-16-13-17(20)6-7-18(16)25-2/h6-7,13H,3-5,8-12,14-15H2,1-2H3,(H,21,24). The summed E-state index contributed by atoms with van der Waals surface area (Å²) in [5, 5.41) is 2.98. The van der Waals surface area contributed by atoms with Crippen LogP contribution < -0.4 is 10.1 Å². The minimum Gasteiger partial charge on any atom is -0.496 e. The number of halogens is 1. The zero-order valence-corrected chi connectivity index (χ0v) is 15.4. The molecule has 1 amide bonds. The lowest BCUT2D eigenvalue weighted by Crippen LogP contribution is -2.49. The SMILES string of the molecule is CCCCCNC(=O)CN1CCN(Cc2cc(F)ccc2OC)CC1. The molecule has 6 heteroatoms. The fourth-order valence-corrected chi connectivity index (χ4v) is 3.08. The molecule has 2 rings (SSSR count). The van der Waals surface area contributed by atoms with Crippen molar-refractivity contribution >= 4 is 5.91 Å². The van der Waals surface area contributed by atoms with Crippen LogP contribution in [0.3, 0.4) is 0 Å². The first-order chi connectivity index (χ1) is 12.1. The number of piperazine rings is 1. The summed E-state index contributed by atoms with van der Waals surface area (Å²) < 4.78 is 18.8. The van der Waals surface area contributed by atoms with Crippen LogP contribution >= 0.6 is 0 Å². The van der Waals surface area contributed by atoms with E-state index in [4.69, 9.17) is 4.74 Å². The molecule has 0 radical (unpaired) electrons. The van der Waals surface area contributed by atoms with E-state index in [1.807, 2.05) is 0 Å². The van der Waals surface area contributed by atoms with Crippen LogP contribution in [-0.2, 0) is 11.3 Å². The highest BCUT2D eigenvalue weighted by Crippen LogP contribution is 2.21. The van der Waals surface area contributed by atoms with Crippen LogP contribution in [-0.4, -0.2) is 62.1 Å². The van der Waals surface area contributed by atoms with Gasteiger partial charge >= 0.3 is 0 Å². The highest BCUT2D eigenvalue weighted by Gasteiger charge is 2.20. The van der Waals surface area contributed by atoms with Crippen molar-refractivity contribution in [3.63, 3.8) is 0 Å². The number of hydrogen-bond donors (Lipinski definition) is 1. The Morgan fingerprint density at radius 2 is 1.92 bits per heavy atom. The predicted octanol–water partition coefficient (Wildman–Crippen LogP) is 2.26. The number of unbranched alkanes of at least 4 members (excludes halogenated alkanes) is 2. The summed E-state index contributed by atoms with van der Waals surface area (Å²) in [6.45, 7) is 7.47. The van der Waals surface area contributed by atoms with Crippen LogP contribution in [0.15, 0.2) is 18.2 Å². The summed E-state index contributed by atoms with van der Waals surface area (Å²) in [7, 11) is 1.60. The Bertz CT molecular complexity index is 545. The van der Waals surface area contributed by atoms with Gasteiger partial charge in [-0.25, -0.2) is 4.39 Å². The summed E-state index contributed by atoms with van der Waals surface area (Å²) in [6.07, 6.45) is 3.36. The van der Waals surface area contributed by atoms with Crippen molar-refractivity contribution in [3.05, 3.63) is 29.6 Å². The molecule has 5 nitrogen and oxygen atoms in total. The minimum absolute atomic E-state index is 0.108. The fraction of sp³-hybridized carbons (Fsp3) is 0.632. The maximum Gasteiger partial charge on any atom is 0.234 e. The number of benzene rings is 1. The van der Waals surface area contributed by atoms with Crippen molar-refractivity contribution in [1.29, 1.82) is 0 Å². The van der Waals surface area contributed by atoms with Gasteiger partial charge in [-0.3, -0.25) is 14.6 Å². The first-order valence-corrected chi connectivity index (χ1v) is 9.16. The molecule has 1 aliphatic rings.